The molecule has 92 valence electrons. The summed E-state index contributed by atoms with van der Waals surface area (Å²) in [5.74, 6) is 0.144. The molecule has 2 heterocycles. The fraction of sp³-hybridized carbons (Fsp3) is 0.917. The fourth-order valence-corrected chi connectivity index (χ4v) is 3.03. The van der Waals surface area contributed by atoms with Gasteiger partial charge in [-0.2, -0.15) is 0 Å². The van der Waals surface area contributed by atoms with Crippen LogP contribution in [0.4, 0.5) is 0 Å². The largest absolute Gasteiger partial charge is 0.334 e. The van der Waals surface area contributed by atoms with E-state index in [1.165, 1.54) is 6.42 Å². The molecule has 0 aliphatic carbocycles. The SMILES string of the molecule is CCN1CCC2CCC(C1)N2C(=O)C(C)N. The monoisotopic (exact) mass is 225 g/mol. The molecule has 2 aliphatic heterocycles. The lowest BCUT2D eigenvalue weighted by Crippen LogP contribution is -2.49. The van der Waals surface area contributed by atoms with E-state index >= 15 is 0 Å². The van der Waals surface area contributed by atoms with Crippen molar-refractivity contribution in [2.45, 2.75) is 51.2 Å². The molecule has 2 N–H and O–H groups in total. The van der Waals surface area contributed by atoms with E-state index in [9.17, 15) is 4.79 Å². The molecular weight excluding hydrogens is 202 g/mol. The number of fused-ring (bicyclic) bond motifs is 2. The molecule has 0 radical (unpaired) electrons. The second-order valence-electron chi connectivity index (χ2n) is 5.10. The number of hydrogen-bond donors (Lipinski definition) is 1. The number of carbonyl (C=O) groups excluding carboxylic acids is 1. The molecule has 0 aromatic heterocycles. The maximum absolute atomic E-state index is 12.1. The molecule has 0 aromatic carbocycles. The summed E-state index contributed by atoms with van der Waals surface area (Å²) < 4.78 is 0. The number of likely N-dealkylation sites (tertiary alicyclic amines) is 1. The summed E-state index contributed by atoms with van der Waals surface area (Å²) in [5.41, 5.74) is 5.73. The molecule has 2 fully saturated rings. The predicted octanol–water partition coefficient (Wildman–Crippen LogP) is 0.419. The average Bonchev–Trinajstić information content (AvgIpc) is 2.53. The van der Waals surface area contributed by atoms with E-state index in [-0.39, 0.29) is 11.9 Å². The maximum atomic E-state index is 12.1. The van der Waals surface area contributed by atoms with Gasteiger partial charge in [-0.25, -0.2) is 0 Å². The van der Waals surface area contributed by atoms with Crippen LogP contribution in [0.25, 0.3) is 0 Å². The van der Waals surface area contributed by atoms with Crippen LogP contribution >= 0.6 is 0 Å². The third-order valence-electron chi connectivity index (χ3n) is 3.96. The third-order valence-corrected chi connectivity index (χ3v) is 3.96. The van der Waals surface area contributed by atoms with Crippen molar-refractivity contribution < 1.29 is 4.79 Å². The summed E-state index contributed by atoms with van der Waals surface area (Å²) in [6.45, 7) is 7.23. The van der Waals surface area contributed by atoms with Crippen LogP contribution in [0.1, 0.15) is 33.1 Å². The van der Waals surface area contributed by atoms with E-state index < -0.39 is 0 Å². The molecule has 0 spiro atoms. The third kappa shape index (κ3) is 2.09. The minimum Gasteiger partial charge on any atom is -0.334 e. The fourth-order valence-electron chi connectivity index (χ4n) is 3.03. The van der Waals surface area contributed by atoms with Gasteiger partial charge in [0, 0.05) is 25.2 Å². The van der Waals surface area contributed by atoms with E-state index in [2.05, 4.69) is 16.7 Å². The Kier molecular flexibility index (Phi) is 3.50. The Morgan fingerprint density at radius 2 is 2.06 bits per heavy atom. The van der Waals surface area contributed by atoms with Gasteiger partial charge in [0.25, 0.3) is 0 Å². The lowest BCUT2D eigenvalue weighted by molar-refractivity contribution is -0.134. The van der Waals surface area contributed by atoms with Crippen molar-refractivity contribution in [3.63, 3.8) is 0 Å². The normalized spacial score (nSPS) is 32.6. The van der Waals surface area contributed by atoms with Gasteiger partial charge in [0.05, 0.1) is 6.04 Å². The smallest absolute Gasteiger partial charge is 0.239 e. The molecule has 4 nitrogen and oxygen atoms in total. The summed E-state index contributed by atoms with van der Waals surface area (Å²) in [7, 11) is 0. The minimum absolute atomic E-state index is 0.144. The highest BCUT2D eigenvalue weighted by molar-refractivity contribution is 5.82. The van der Waals surface area contributed by atoms with Gasteiger partial charge in [0.2, 0.25) is 5.91 Å². The first-order chi connectivity index (χ1) is 7.63. The molecular formula is C12H23N3O. The predicted molar refractivity (Wildman–Crippen MR) is 64.0 cm³/mol. The van der Waals surface area contributed by atoms with E-state index in [0.717, 1.165) is 32.5 Å². The van der Waals surface area contributed by atoms with Crippen LogP contribution in [0.15, 0.2) is 0 Å². The van der Waals surface area contributed by atoms with Crippen molar-refractivity contribution in [3.05, 3.63) is 0 Å². The zero-order valence-electron chi connectivity index (χ0n) is 10.4. The zero-order valence-corrected chi connectivity index (χ0v) is 10.4. The molecule has 1 amide bonds. The molecule has 2 rings (SSSR count). The van der Waals surface area contributed by atoms with Gasteiger partial charge >= 0.3 is 0 Å². The lowest BCUT2D eigenvalue weighted by atomic mass is 10.1. The van der Waals surface area contributed by atoms with Crippen molar-refractivity contribution in [2.24, 2.45) is 5.73 Å². The standard InChI is InChI=1S/C12H23N3O/c1-3-14-7-6-10-4-5-11(8-14)15(10)12(16)9(2)13/h9-11H,3-8,13H2,1-2H3. The molecule has 2 saturated heterocycles. The Balaban J connectivity index is 2.11. The summed E-state index contributed by atoms with van der Waals surface area (Å²) in [6, 6.07) is 0.502. The van der Waals surface area contributed by atoms with Crippen LogP contribution in [0.2, 0.25) is 0 Å². The van der Waals surface area contributed by atoms with Gasteiger partial charge in [0.15, 0.2) is 0 Å². The molecule has 2 bridgehead atoms. The van der Waals surface area contributed by atoms with Crippen LogP contribution in [0.5, 0.6) is 0 Å². The van der Waals surface area contributed by atoms with Crippen LogP contribution in [0, 0.1) is 0 Å². The van der Waals surface area contributed by atoms with Crippen molar-refractivity contribution in [3.8, 4) is 0 Å². The van der Waals surface area contributed by atoms with Crippen LogP contribution in [0.3, 0.4) is 0 Å². The maximum Gasteiger partial charge on any atom is 0.239 e. The van der Waals surface area contributed by atoms with E-state index in [4.69, 9.17) is 5.73 Å². The molecule has 0 aromatic rings. The van der Waals surface area contributed by atoms with Gasteiger partial charge in [-0.05, 0) is 32.7 Å². The number of amides is 1. The molecule has 3 unspecified atom stereocenters. The number of hydrogen-bond acceptors (Lipinski definition) is 3. The van der Waals surface area contributed by atoms with Crippen molar-refractivity contribution in [2.75, 3.05) is 19.6 Å². The van der Waals surface area contributed by atoms with Crippen LogP contribution in [-0.4, -0.2) is 53.5 Å². The Bertz CT molecular complexity index is 267. The molecule has 3 atom stereocenters. The van der Waals surface area contributed by atoms with Crippen molar-refractivity contribution in [1.82, 2.24) is 9.80 Å². The molecule has 16 heavy (non-hydrogen) atoms. The van der Waals surface area contributed by atoms with Crippen LogP contribution < -0.4 is 5.73 Å². The van der Waals surface area contributed by atoms with Crippen molar-refractivity contribution >= 4 is 5.91 Å². The number of rotatable bonds is 2. The Morgan fingerprint density at radius 1 is 1.38 bits per heavy atom. The number of nitrogens with zero attached hydrogens (tertiary/aromatic N) is 2. The summed E-state index contributed by atoms with van der Waals surface area (Å²) in [6.07, 6.45) is 3.43. The number of carbonyl (C=O) groups is 1. The Hall–Kier alpha value is -0.610. The number of likely N-dealkylation sites (N-methyl/N-ethyl adjacent to an activating group) is 1. The quantitative estimate of drug-likeness (QED) is 0.741. The zero-order chi connectivity index (χ0) is 11.7. The van der Waals surface area contributed by atoms with Gasteiger partial charge in [0.1, 0.15) is 0 Å². The molecule has 2 aliphatic rings. The van der Waals surface area contributed by atoms with E-state index in [1.54, 1.807) is 6.92 Å². The van der Waals surface area contributed by atoms with Gasteiger partial charge in [-0.3, -0.25) is 4.79 Å². The topological polar surface area (TPSA) is 49.6 Å². The van der Waals surface area contributed by atoms with E-state index in [1.807, 2.05) is 0 Å². The second-order valence-corrected chi connectivity index (χ2v) is 5.10. The van der Waals surface area contributed by atoms with Gasteiger partial charge in [-0.15, -0.1) is 0 Å². The van der Waals surface area contributed by atoms with Gasteiger partial charge < -0.3 is 15.5 Å². The summed E-state index contributed by atoms with van der Waals surface area (Å²) in [5, 5.41) is 0. The first-order valence-electron chi connectivity index (χ1n) is 6.43. The Labute approximate surface area is 97.8 Å². The minimum atomic E-state index is -0.351. The summed E-state index contributed by atoms with van der Waals surface area (Å²) in [4.78, 5) is 16.6. The lowest BCUT2D eigenvalue weighted by Gasteiger charge is -2.30. The second kappa shape index (κ2) is 4.72. The Morgan fingerprint density at radius 3 is 2.69 bits per heavy atom. The number of nitrogens with two attached hydrogens (primary N) is 1. The first-order valence-corrected chi connectivity index (χ1v) is 6.43. The van der Waals surface area contributed by atoms with Crippen LogP contribution in [-0.2, 0) is 4.79 Å². The first kappa shape index (κ1) is 11.9. The highest BCUT2D eigenvalue weighted by atomic mass is 16.2. The highest BCUT2D eigenvalue weighted by Gasteiger charge is 2.40. The molecule has 4 heteroatoms. The average molecular weight is 225 g/mol. The van der Waals surface area contributed by atoms with Gasteiger partial charge in [-0.1, -0.05) is 6.92 Å². The summed E-state index contributed by atoms with van der Waals surface area (Å²) >= 11 is 0. The highest BCUT2D eigenvalue weighted by Crippen LogP contribution is 2.30. The van der Waals surface area contributed by atoms with Crippen molar-refractivity contribution in [1.29, 1.82) is 0 Å². The molecule has 0 saturated carbocycles. The van der Waals surface area contributed by atoms with E-state index in [0.29, 0.717) is 12.1 Å².